The van der Waals surface area contributed by atoms with Crippen LogP contribution in [-0.4, -0.2) is 29.9 Å². The second-order valence-corrected chi connectivity index (χ2v) is 9.52. The van der Waals surface area contributed by atoms with Gasteiger partial charge in [-0.1, -0.05) is 49.1 Å². The highest BCUT2D eigenvalue weighted by atomic mass is 35.5. The fourth-order valence-electron chi connectivity index (χ4n) is 5.12. The van der Waals surface area contributed by atoms with Gasteiger partial charge in [0.2, 0.25) is 0 Å². The van der Waals surface area contributed by atoms with Crippen LogP contribution < -0.4 is 4.74 Å². The lowest BCUT2D eigenvalue weighted by atomic mass is 9.73. The molecule has 0 aromatic heterocycles. The Bertz CT molecular complexity index is 940. The van der Waals surface area contributed by atoms with Gasteiger partial charge in [-0.05, 0) is 55.0 Å². The van der Waals surface area contributed by atoms with Gasteiger partial charge in [0.15, 0.2) is 0 Å². The van der Waals surface area contributed by atoms with Crippen molar-refractivity contribution in [3.05, 3.63) is 63.9 Å². The Balaban J connectivity index is 1.68. The number of aryl methyl sites for hydroxylation is 1. The second-order valence-electron chi connectivity index (χ2n) is 9.11. The third-order valence-corrected chi connectivity index (χ3v) is 6.83. The summed E-state index contributed by atoms with van der Waals surface area (Å²) in [6, 6.07) is 10.7. The molecule has 6 heteroatoms. The molecule has 32 heavy (non-hydrogen) atoms. The zero-order chi connectivity index (χ0) is 22.7. The highest BCUT2D eigenvalue weighted by molar-refractivity contribution is 6.32. The van der Waals surface area contributed by atoms with Gasteiger partial charge in [0.05, 0.1) is 17.5 Å². The van der Waals surface area contributed by atoms with Gasteiger partial charge in [-0.25, -0.2) is 4.39 Å². The van der Waals surface area contributed by atoms with E-state index in [9.17, 15) is 14.3 Å². The lowest BCUT2D eigenvalue weighted by Gasteiger charge is -2.33. The summed E-state index contributed by atoms with van der Waals surface area (Å²) in [5, 5.41) is 10.4. The van der Waals surface area contributed by atoms with E-state index in [1.807, 2.05) is 25.1 Å². The van der Waals surface area contributed by atoms with E-state index in [1.165, 1.54) is 31.4 Å². The van der Waals surface area contributed by atoms with Crippen LogP contribution >= 0.6 is 11.6 Å². The van der Waals surface area contributed by atoms with Crippen LogP contribution in [0.4, 0.5) is 4.39 Å². The molecule has 0 spiro atoms. The van der Waals surface area contributed by atoms with E-state index in [-0.39, 0.29) is 24.8 Å². The van der Waals surface area contributed by atoms with Crippen molar-refractivity contribution >= 4 is 17.6 Å². The van der Waals surface area contributed by atoms with Crippen LogP contribution in [0.15, 0.2) is 36.4 Å². The molecular formula is C26H30ClFO4. The molecule has 0 amide bonds. The molecule has 4 nitrogen and oxygen atoms in total. The van der Waals surface area contributed by atoms with Crippen molar-refractivity contribution in [2.75, 3.05) is 6.61 Å². The molecule has 1 saturated heterocycles. The van der Waals surface area contributed by atoms with E-state index in [0.717, 1.165) is 29.5 Å². The highest BCUT2D eigenvalue weighted by Gasteiger charge is 2.32. The van der Waals surface area contributed by atoms with Gasteiger partial charge in [-0.15, -0.1) is 0 Å². The Kier molecular flexibility index (Phi) is 7.37. The van der Waals surface area contributed by atoms with Gasteiger partial charge in [0.1, 0.15) is 24.3 Å². The first-order chi connectivity index (χ1) is 15.4. The number of esters is 1. The molecule has 0 radical (unpaired) electrons. The fourth-order valence-corrected chi connectivity index (χ4v) is 5.46. The molecule has 1 heterocycles. The van der Waals surface area contributed by atoms with Crippen LogP contribution in [0.2, 0.25) is 5.02 Å². The summed E-state index contributed by atoms with van der Waals surface area (Å²) in [6.45, 7) is 2.13. The Morgan fingerprint density at radius 3 is 2.59 bits per heavy atom. The Morgan fingerprint density at radius 1 is 1.19 bits per heavy atom. The summed E-state index contributed by atoms with van der Waals surface area (Å²) < 4.78 is 25.2. The number of carbonyl (C=O) groups excluding carboxylic acids is 1. The van der Waals surface area contributed by atoms with E-state index >= 15 is 0 Å². The van der Waals surface area contributed by atoms with E-state index < -0.39 is 18.2 Å². The van der Waals surface area contributed by atoms with Crippen molar-refractivity contribution in [2.45, 2.75) is 70.0 Å². The number of benzene rings is 2. The molecule has 2 aliphatic rings. The maximum absolute atomic E-state index is 13.7. The first kappa shape index (κ1) is 23.1. The predicted molar refractivity (Wildman–Crippen MR) is 122 cm³/mol. The predicted octanol–water partition coefficient (Wildman–Crippen LogP) is 5.95. The van der Waals surface area contributed by atoms with Crippen LogP contribution in [0.5, 0.6) is 5.75 Å². The van der Waals surface area contributed by atoms with Crippen molar-refractivity contribution in [3.8, 4) is 5.75 Å². The first-order valence-electron chi connectivity index (χ1n) is 11.5. The van der Waals surface area contributed by atoms with Gasteiger partial charge < -0.3 is 14.6 Å². The standard InChI is InChI=1S/C26H30ClFO4/c1-16-11-22(25(17-5-3-2-4-6-17)18-7-9-19(28)10-8-18)26(23(27)12-16)31-15-21-13-20(29)14-24(30)32-21/h7-12,17,20-21,25,29H,2-6,13-15H2,1H3. The molecule has 1 aliphatic carbocycles. The maximum atomic E-state index is 13.7. The summed E-state index contributed by atoms with van der Waals surface area (Å²) >= 11 is 6.66. The van der Waals surface area contributed by atoms with E-state index in [1.54, 1.807) is 0 Å². The monoisotopic (exact) mass is 460 g/mol. The number of cyclic esters (lactones) is 1. The molecule has 1 saturated carbocycles. The van der Waals surface area contributed by atoms with Gasteiger partial charge >= 0.3 is 5.97 Å². The van der Waals surface area contributed by atoms with Crippen LogP contribution in [0.25, 0.3) is 0 Å². The van der Waals surface area contributed by atoms with Crippen molar-refractivity contribution in [1.29, 1.82) is 0 Å². The van der Waals surface area contributed by atoms with E-state index in [0.29, 0.717) is 23.1 Å². The number of rotatable bonds is 6. The van der Waals surface area contributed by atoms with Gasteiger partial charge in [-0.3, -0.25) is 4.79 Å². The molecular weight excluding hydrogens is 431 g/mol. The van der Waals surface area contributed by atoms with Crippen molar-refractivity contribution in [2.24, 2.45) is 5.92 Å². The summed E-state index contributed by atoms with van der Waals surface area (Å²) in [5.74, 6) is 0.339. The molecule has 1 aliphatic heterocycles. The minimum Gasteiger partial charge on any atom is -0.488 e. The second kappa shape index (κ2) is 10.2. The van der Waals surface area contributed by atoms with Gasteiger partial charge in [0, 0.05) is 17.9 Å². The number of hydrogen-bond acceptors (Lipinski definition) is 4. The normalized spacial score (nSPS) is 22.9. The zero-order valence-electron chi connectivity index (χ0n) is 18.4. The smallest absolute Gasteiger partial charge is 0.308 e. The molecule has 4 rings (SSSR count). The number of hydrogen-bond donors (Lipinski definition) is 1. The highest BCUT2D eigenvalue weighted by Crippen LogP contribution is 2.46. The maximum Gasteiger partial charge on any atom is 0.308 e. The lowest BCUT2D eigenvalue weighted by Crippen LogP contribution is -2.36. The molecule has 0 bridgehead atoms. The van der Waals surface area contributed by atoms with Gasteiger partial charge in [0.25, 0.3) is 0 Å². The average molecular weight is 461 g/mol. The van der Waals surface area contributed by atoms with Crippen LogP contribution in [0.1, 0.15) is 67.6 Å². The molecule has 1 N–H and O–H groups in total. The number of aliphatic hydroxyl groups is 1. The summed E-state index contributed by atoms with van der Waals surface area (Å²) in [5.41, 5.74) is 3.06. The fraction of sp³-hybridized carbons (Fsp3) is 0.500. The SMILES string of the molecule is Cc1cc(Cl)c(OCC2CC(O)CC(=O)O2)c(C(c2ccc(F)cc2)C2CCCCC2)c1. The summed E-state index contributed by atoms with van der Waals surface area (Å²) in [6.07, 6.45) is 4.90. The minimum absolute atomic E-state index is 0.0152. The molecule has 172 valence electrons. The third kappa shape index (κ3) is 5.44. The Hall–Kier alpha value is -2.11. The minimum atomic E-state index is -0.716. The number of aliphatic hydroxyl groups excluding tert-OH is 1. The molecule has 3 unspecified atom stereocenters. The third-order valence-electron chi connectivity index (χ3n) is 6.55. The molecule has 3 atom stereocenters. The number of halogens is 2. The number of ether oxygens (including phenoxy) is 2. The number of carbonyl (C=O) groups is 1. The molecule has 2 fully saturated rings. The first-order valence-corrected chi connectivity index (χ1v) is 11.8. The quantitative estimate of drug-likeness (QED) is 0.541. The topological polar surface area (TPSA) is 55.8 Å². The largest absolute Gasteiger partial charge is 0.488 e. The van der Waals surface area contributed by atoms with Crippen molar-refractivity contribution < 1.29 is 23.8 Å². The molecule has 2 aromatic rings. The van der Waals surface area contributed by atoms with Crippen molar-refractivity contribution in [3.63, 3.8) is 0 Å². The van der Waals surface area contributed by atoms with Crippen LogP contribution in [0.3, 0.4) is 0 Å². The van der Waals surface area contributed by atoms with E-state index in [4.69, 9.17) is 21.1 Å². The Labute approximate surface area is 193 Å². The van der Waals surface area contributed by atoms with E-state index in [2.05, 4.69) is 6.07 Å². The molecule has 2 aromatic carbocycles. The summed E-state index contributed by atoms with van der Waals surface area (Å²) in [4.78, 5) is 11.7. The van der Waals surface area contributed by atoms with Gasteiger partial charge in [-0.2, -0.15) is 0 Å². The lowest BCUT2D eigenvalue weighted by molar-refractivity contribution is -0.162. The average Bonchev–Trinajstić information content (AvgIpc) is 2.75. The van der Waals surface area contributed by atoms with Crippen molar-refractivity contribution in [1.82, 2.24) is 0 Å². The zero-order valence-corrected chi connectivity index (χ0v) is 19.1. The van der Waals surface area contributed by atoms with Crippen LogP contribution in [-0.2, 0) is 9.53 Å². The van der Waals surface area contributed by atoms with Crippen LogP contribution in [0, 0.1) is 18.7 Å². The summed E-state index contributed by atoms with van der Waals surface area (Å²) in [7, 11) is 0. The Morgan fingerprint density at radius 2 is 1.91 bits per heavy atom.